The van der Waals surface area contributed by atoms with Gasteiger partial charge in [-0.1, -0.05) is 12.5 Å². The van der Waals surface area contributed by atoms with Gasteiger partial charge in [-0.15, -0.1) is 0 Å². The lowest BCUT2D eigenvalue weighted by atomic mass is 9.59. The number of carbonyl (C=O) groups excluding carboxylic acids is 1. The fourth-order valence-corrected chi connectivity index (χ4v) is 5.29. The molecule has 7 heteroatoms. The number of rotatable bonds is 8. The largest absolute Gasteiger partial charge is 0.493 e. The first kappa shape index (κ1) is 20.7. The number of carboxylic acid groups (broad SMARTS) is 1. The third-order valence-corrected chi connectivity index (χ3v) is 7.58. The van der Waals surface area contributed by atoms with Crippen LogP contribution in [0.3, 0.4) is 0 Å². The number of hydrogen-bond acceptors (Lipinski definition) is 5. The Morgan fingerprint density at radius 1 is 1.03 bits per heavy atom. The molecular formula is C25H27NO6. The van der Waals surface area contributed by atoms with Crippen LogP contribution in [0.15, 0.2) is 30.3 Å². The van der Waals surface area contributed by atoms with Crippen LogP contribution in [0.4, 0.5) is 0 Å². The third-order valence-electron chi connectivity index (χ3n) is 7.58. The quantitative estimate of drug-likeness (QED) is 0.648. The average molecular weight is 437 g/mol. The molecular weight excluding hydrogens is 410 g/mol. The van der Waals surface area contributed by atoms with Gasteiger partial charge in [0.25, 0.3) is 5.91 Å². The maximum atomic E-state index is 12.1. The van der Waals surface area contributed by atoms with E-state index in [1.165, 1.54) is 0 Å². The van der Waals surface area contributed by atoms with Crippen LogP contribution in [-0.2, 0) is 11.3 Å². The van der Waals surface area contributed by atoms with Crippen LogP contribution >= 0.6 is 0 Å². The number of aliphatic carboxylic acids is 1. The van der Waals surface area contributed by atoms with Gasteiger partial charge in [-0.2, -0.15) is 0 Å². The molecule has 0 radical (unpaired) electrons. The zero-order valence-electron chi connectivity index (χ0n) is 18.3. The topological polar surface area (TPSA) is 94.1 Å². The van der Waals surface area contributed by atoms with Crippen LogP contribution in [-0.4, -0.2) is 37.8 Å². The van der Waals surface area contributed by atoms with Gasteiger partial charge in [0.1, 0.15) is 0 Å². The van der Waals surface area contributed by atoms with Crippen LogP contribution in [0.2, 0.25) is 0 Å². The van der Waals surface area contributed by atoms with Gasteiger partial charge in [0.2, 0.25) is 5.75 Å². The Labute approximate surface area is 186 Å². The van der Waals surface area contributed by atoms with E-state index in [0.717, 1.165) is 36.0 Å². The normalized spacial score (nSPS) is 19.4. The molecule has 2 aliphatic carbocycles. The van der Waals surface area contributed by atoms with Gasteiger partial charge in [-0.05, 0) is 61.1 Å². The Kier molecular flexibility index (Phi) is 4.80. The molecule has 0 aromatic heterocycles. The Balaban J connectivity index is 1.53. The lowest BCUT2D eigenvalue weighted by Gasteiger charge is -2.44. The zero-order chi connectivity index (χ0) is 22.5. The highest BCUT2D eigenvalue weighted by Crippen LogP contribution is 2.67. The number of hydrogen-bond donors (Lipinski definition) is 2. The Hall–Kier alpha value is -3.22. The summed E-state index contributed by atoms with van der Waals surface area (Å²) in [4.78, 5) is 24.1. The van der Waals surface area contributed by atoms with Gasteiger partial charge in [-0.3, -0.25) is 9.59 Å². The molecule has 7 nitrogen and oxygen atoms in total. The number of carboxylic acids is 1. The summed E-state index contributed by atoms with van der Waals surface area (Å²) in [6.45, 7) is 0.816. The van der Waals surface area contributed by atoms with Gasteiger partial charge in [0.05, 0.1) is 26.2 Å². The maximum absolute atomic E-state index is 12.1. The van der Waals surface area contributed by atoms with Crippen LogP contribution in [0.5, 0.6) is 17.2 Å². The average Bonchev–Trinajstić information content (AvgIpc) is 3.45. The minimum Gasteiger partial charge on any atom is -0.493 e. The van der Waals surface area contributed by atoms with Crippen LogP contribution < -0.4 is 19.5 Å². The van der Waals surface area contributed by atoms with Crippen LogP contribution in [0.1, 0.15) is 48.0 Å². The molecule has 1 aliphatic heterocycles. The molecule has 0 saturated heterocycles. The lowest BCUT2D eigenvalue weighted by molar-refractivity contribution is -0.163. The predicted molar refractivity (Wildman–Crippen MR) is 117 cm³/mol. The van der Waals surface area contributed by atoms with E-state index < -0.39 is 11.4 Å². The molecule has 2 fully saturated rings. The van der Waals surface area contributed by atoms with Gasteiger partial charge < -0.3 is 24.6 Å². The van der Waals surface area contributed by atoms with Crippen molar-refractivity contribution in [1.82, 2.24) is 5.32 Å². The highest BCUT2D eigenvalue weighted by Gasteiger charge is 2.66. The molecule has 2 aromatic carbocycles. The summed E-state index contributed by atoms with van der Waals surface area (Å²) in [5, 5.41) is 12.8. The fraction of sp³-hybridized carbons (Fsp3) is 0.440. The van der Waals surface area contributed by atoms with E-state index in [9.17, 15) is 14.7 Å². The molecule has 3 aliphatic rings. The number of carbonyl (C=O) groups is 2. The molecule has 0 atom stereocenters. The van der Waals surface area contributed by atoms with Gasteiger partial charge in [-0.25, -0.2) is 0 Å². The Morgan fingerprint density at radius 3 is 2.38 bits per heavy atom. The second-order valence-corrected chi connectivity index (χ2v) is 9.04. The van der Waals surface area contributed by atoms with Crippen LogP contribution in [0, 0.1) is 10.8 Å². The lowest BCUT2D eigenvalue weighted by Crippen LogP contribution is -2.48. The second-order valence-electron chi connectivity index (χ2n) is 9.04. The van der Waals surface area contributed by atoms with E-state index in [1.807, 2.05) is 30.3 Å². The minimum absolute atomic E-state index is 0.0644. The number of amides is 1. The Morgan fingerprint density at radius 2 is 1.78 bits per heavy atom. The molecule has 2 aromatic rings. The first-order chi connectivity index (χ1) is 15.4. The van der Waals surface area contributed by atoms with Crippen molar-refractivity contribution in [2.24, 2.45) is 10.8 Å². The summed E-state index contributed by atoms with van der Waals surface area (Å²) in [6.07, 6.45) is 4.07. The van der Waals surface area contributed by atoms with Crippen molar-refractivity contribution in [2.75, 3.05) is 20.8 Å². The van der Waals surface area contributed by atoms with Crippen molar-refractivity contribution in [3.8, 4) is 28.4 Å². The molecule has 0 spiro atoms. The highest BCUT2D eigenvalue weighted by molar-refractivity contribution is 5.99. The molecule has 0 bridgehead atoms. The van der Waals surface area contributed by atoms with Gasteiger partial charge in [0.15, 0.2) is 11.5 Å². The third kappa shape index (κ3) is 2.94. The van der Waals surface area contributed by atoms with Crippen molar-refractivity contribution in [1.29, 1.82) is 0 Å². The SMILES string of the molecule is COc1ccc(-c2ccc3c(c2)CNC3=O)c(OCC2(C3(C(=O)O)CCC3)CC2)c1OC. The summed E-state index contributed by atoms with van der Waals surface area (Å²) in [7, 11) is 3.14. The standard InChI is InChI=1S/C25H27NO6/c1-30-19-7-6-17(15-4-5-18-16(12-15)13-26-22(18)27)20(21(19)31-2)32-14-24(10-11-24)25(23(28)29)8-3-9-25/h4-7,12H,3,8-11,13-14H2,1-2H3,(H,26,27)(H,28,29). The predicted octanol–water partition coefficient (Wildman–Crippen LogP) is 4.03. The van der Waals surface area contributed by atoms with E-state index in [0.29, 0.717) is 48.8 Å². The summed E-state index contributed by atoms with van der Waals surface area (Å²) >= 11 is 0. The summed E-state index contributed by atoms with van der Waals surface area (Å²) in [6, 6.07) is 9.45. The summed E-state index contributed by atoms with van der Waals surface area (Å²) in [5.41, 5.74) is 2.32. The van der Waals surface area contributed by atoms with E-state index in [4.69, 9.17) is 14.2 Å². The van der Waals surface area contributed by atoms with Crippen molar-refractivity contribution < 1.29 is 28.9 Å². The van der Waals surface area contributed by atoms with Gasteiger partial charge in [0, 0.05) is 23.1 Å². The molecule has 1 amide bonds. The molecule has 32 heavy (non-hydrogen) atoms. The Bertz CT molecular complexity index is 1100. The van der Waals surface area contributed by atoms with E-state index in [-0.39, 0.29) is 11.3 Å². The second kappa shape index (κ2) is 7.43. The molecule has 5 rings (SSSR count). The molecule has 168 valence electrons. The maximum Gasteiger partial charge on any atom is 0.310 e. The van der Waals surface area contributed by atoms with E-state index in [1.54, 1.807) is 14.2 Å². The molecule has 0 unspecified atom stereocenters. The first-order valence-corrected chi connectivity index (χ1v) is 11.0. The van der Waals surface area contributed by atoms with Crippen molar-refractivity contribution >= 4 is 11.9 Å². The summed E-state index contributed by atoms with van der Waals surface area (Å²) in [5.74, 6) is 0.790. The summed E-state index contributed by atoms with van der Waals surface area (Å²) < 4.78 is 17.6. The number of nitrogens with one attached hydrogen (secondary N) is 1. The fourth-order valence-electron chi connectivity index (χ4n) is 5.29. The first-order valence-electron chi connectivity index (χ1n) is 11.0. The molecule has 2 saturated carbocycles. The monoisotopic (exact) mass is 437 g/mol. The molecule has 2 N–H and O–H groups in total. The smallest absolute Gasteiger partial charge is 0.310 e. The van der Waals surface area contributed by atoms with Crippen molar-refractivity contribution in [3.05, 3.63) is 41.5 Å². The number of ether oxygens (including phenoxy) is 3. The number of fused-ring (bicyclic) bond motifs is 1. The highest BCUT2D eigenvalue weighted by atomic mass is 16.5. The van der Waals surface area contributed by atoms with Crippen molar-refractivity contribution in [2.45, 2.75) is 38.6 Å². The zero-order valence-corrected chi connectivity index (χ0v) is 18.3. The van der Waals surface area contributed by atoms with E-state index >= 15 is 0 Å². The van der Waals surface area contributed by atoms with Crippen molar-refractivity contribution in [3.63, 3.8) is 0 Å². The van der Waals surface area contributed by atoms with E-state index in [2.05, 4.69) is 5.32 Å². The minimum atomic E-state index is -0.710. The molecule has 1 heterocycles. The number of benzene rings is 2. The van der Waals surface area contributed by atoms with Crippen LogP contribution in [0.25, 0.3) is 11.1 Å². The number of methoxy groups -OCH3 is 2. The van der Waals surface area contributed by atoms with Gasteiger partial charge >= 0.3 is 5.97 Å².